The highest BCUT2D eigenvalue weighted by Crippen LogP contribution is 2.28. The van der Waals surface area contributed by atoms with Gasteiger partial charge < -0.3 is 19.7 Å². The van der Waals surface area contributed by atoms with Crippen LogP contribution in [0.3, 0.4) is 0 Å². The van der Waals surface area contributed by atoms with Gasteiger partial charge in [0.2, 0.25) is 5.91 Å². The molecule has 2 aliphatic rings. The van der Waals surface area contributed by atoms with E-state index in [-0.39, 0.29) is 18.2 Å². The van der Waals surface area contributed by atoms with Crippen LogP contribution in [-0.2, 0) is 14.3 Å². The van der Waals surface area contributed by atoms with Crippen molar-refractivity contribution in [2.45, 2.75) is 19.4 Å². The molecule has 0 aliphatic carbocycles. The quantitative estimate of drug-likeness (QED) is 0.531. The molecule has 1 unspecified atom stereocenters. The van der Waals surface area contributed by atoms with Crippen molar-refractivity contribution in [1.82, 2.24) is 9.80 Å². The lowest BCUT2D eigenvalue weighted by molar-refractivity contribution is -0.124. The third-order valence-corrected chi connectivity index (χ3v) is 6.41. The summed E-state index contributed by atoms with van der Waals surface area (Å²) in [6.45, 7) is 6.57. The first-order valence-corrected chi connectivity index (χ1v) is 12.1. The summed E-state index contributed by atoms with van der Waals surface area (Å²) in [6.07, 6.45) is -0.0625. The fourth-order valence-electron chi connectivity index (χ4n) is 4.18. The molecular weight excluding hydrogens is 471 g/mol. The van der Waals surface area contributed by atoms with Gasteiger partial charge >= 0.3 is 0 Å². The number of thiocarbonyl (C=S) groups is 1. The molecule has 4 rings (SSSR count). The number of anilines is 2. The number of carbonyl (C=O) groups excluding carboxylic acids is 2. The Bertz CT molecular complexity index is 1040. The van der Waals surface area contributed by atoms with Gasteiger partial charge in [-0.05, 0) is 67.7 Å². The lowest BCUT2D eigenvalue weighted by Crippen LogP contribution is -2.45. The predicted octanol–water partition coefficient (Wildman–Crippen LogP) is 2.89. The summed E-state index contributed by atoms with van der Waals surface area (Å²) < 4.78 is 24.3. The molecule has 2 fully saturated rings. The molecule has 186 valence electrons. The van der Waals surface area contributed by atoms with E-state index in [1.54, 1.807) is 29.2 Å². The normalized spacial score (nSPS) is 18.7. The molecule has 0 spiro atoms. The lowest BCUT2D eigenvalue weighted by atomic mass is 10.1. The van der Waals surface area contributed by atoms with Crippen LogP contribution in [0.15, 0.2) is 48.5 Å². The van der Waals surface area contributed by atoms with Crippen LogP contribution in [0.5, 0.6) is 5.75 Å². The third kappa shape index (κ3) is 6.14. The molecule has 1 atom stereocenters. The number of rotatable bonds is 9. The van der Waals surface area contributed by atoms with Gasteiger partial charge in [0.25, 0.3) is 5.91 Å². The molecule has 8 nitrogen and oxygen atoms in total. The molecule has 2 amide bonds. The highest BCUT2D eigenvalue weighted by molar-refractivity contribution is 7.80. The Kier molecular flexibility index (Phi) is 8.27. The largest absolute Gasteiger partial charge is 0.494 e. The maximum Gasteiger partial charge on any atom is 0.256 e. The van der Waals surface area contributed by atoms with Crippen LogP contribution in [0.25, 0.3) is 0 Å². The van der Waals surface area contributed by atoms with Gasteiger partial charge in [-0.2, -0.15) is 0 Å². The van der Waals surface area contributed by atoms with Crippen LogP contribution in [0.4, 0.5) is 15.8 Å². The van der Waals surface area contributed by atoms with Gasteiger partial charge in [0.15, 0.2) is 5.11 Å². The average molecular weight is 501 g/mol. The smallest absolute Gasteiger partial charge is 0.256 e. The second-order valence-electron chi connectivity index (χ2n) is 8.31. The van der Waals surface area contributed by atoms with Gasteiger partial charge in [-0.25, -0.2) is 4.39 Å². The summed E-state index contributed by atoms with van der Waals surface area (Å²) >= 11 is 5.67. The molecule has 35 heavy (non-hydrogen) atoms. The van der Waals surface area contributed by atoms with E-state index in [1.165, 1.54) is 29.2 Å². The number of ether oxygens (including phenoxy) is 2. The number of hydrogen-bond acceptors (Lipinski definition) is 6. The van der Waals surface area contributed by atoms with Crippen molar-refractivity contribution in [1.29, 1.82) is 0 Å². The van der Waals surface area contributed by atoms with Crippen LogP contribution in [0.1, 0.15) is 13.3 Å². The molecular formula is C25H29FN4O4S. The fourth-order valence-corrected chi connectivity index (χ4v) is 4.59. The predicted molar refractivity (Wildman–Crippen MR) is 135 cm³/mol. The van der Waals surface area contributed by atoms with Gasteiger partial charge in [-0.3, -0.25) is 19.4 Å². The van der Waals surface area contributed by atoms with Crippen LogP contribution in [0.2, 0.25) is 0 Å². The van der Waals surface area contributed by atoms with E-state index in [9.17, 15) is 14.0 Å². The number of benzene rings is 2. The summed E-state index contributed by atoms with van der Waals surface area (Å²) in [7, 11) is 0. The summed E-state index contributed by atoms with van der Waals surface area (Å²) in [6, 6.07) is 11.9. The van der Waals surface area contributed by atoms with Crippen molar-refractivity contribution >= 4 is 40.5 Å². The maximum atomic E-state index is 13.5. The molecule has 2 aliphatic heterocycles. The summed E-state index contributed by atoms with van der Waals surface area (Å²) in [4.78, 5) is 31.8. The van der Waals surface area contributed by atoms with Gasteiger partial charge in [0.1, 0.15) is 17.6 Å². The standard InChI is InChI=1S/C25H29FN4O4S/c1-2-34-21-9-5-19(6-10-21)27-23(31)17-22-24(32)30(20-7-3-18(26)4-8-20)25(35)29(22)12-11-28-13-15-33-16-14-28/h3-10,22H,2,11-17H2,1H3,(H,27,31). The number of morpholine rings is 1. The Morgan fingerprint density at radius 2 is 1.80 bits per heavy atom. The molecule has 0 aromatic heterocycles. The minimum absolute atomic E-state index is 0.0625. The highest BCUT2D eigenvalue weighted by atomic mass is 32.1. The SMILES string of the molecule is CCOc1ccc(NC(=O)CC2C(=O)N(c3ccc(F)cc3)C(=S)N2CCN2CCOCC2)cc1. The van der Waals surface area contributed by atoms with E-state index < -0.39 is 11.9 Å². The zero-order valence-electron chi connectivity index (χ0n) is 19.6. The third-order valence-electron chi connectivity index (χ3n) is 5.99. The number of carbonyl (C=O) groups is 2. The topological polar surface area (TPSA) is 74.4 Å². The first-order valence-electron chi connectivity index (χ1n) is 11.7. The summed E-state index contributed by atoms with van der Waals surface area (Å²) in [5.74, 6) is -0.286. The van der Waals surface area contributed by atoms with E-state index in [0.29, 0.717) is 55.1 Å². The lowest BCUT2D eigenvalue weighted by Gasteiger charge is -2.30. The summed E-state index contributed by atoms with van der Waals surface area (Å²) in [5.41, 5.74) is 1.09. The Balaban J connectivity index is 1.48. The van der Waals surface area contributed by atoms with Crippen LogP contribution >= 0.6 is 12.2 Å². The van der Waals surface area contributed by atoms with E-state index in [0.717, 1.165) is 13.1 Å². The van der Waals surface area contributed by atoms with Crippen LogP contribution < -0.4 is 15.0 Å². The number of nitrogens with one attached hydrogen (secondary N) is 1. The molecule has 2 saturated heterocycles. The van der Waals surface area contributed by atoms with E-state index in [1.807, 2.05) is 6.92 Å². The molecule has 2 aromatic rings. The zero-order chi connectivity index (χ0) is 24.8. The zero-order valence-corrected chi connectivity index (χ0v) is 20.4. The minimum atomic E-state index is -0.753. The van der Waals surface area contributed by atoms with Crippen LogP contribution in [-0.4, -0.2) is 78.8 Å². The second kappa shape index (κ2) is 11.6. The van der Waals surface area contributed by atoms with Gasteiger partial charge in [-0.15, -0.1) is 0 Å². The number of nitrogens with zero attached hydrogens (tertiary/aromatic N) is 3. The Hall–Kier alpha value is -3.08. The molecule has 10 heteroatoms. The van der Waals surface area contributed by atoms with Crippen molar-refractivity contribution in [3.05, 3.63) is 54.3 Å². The highest BCUT2D eigenvalue weighted by Gasteiger charge is 2.44. The number of amides is 2. The fraction of sp³-hybridized carbons (Fsp3) is 0.400. The summed E-state index contributed by atoms with van der Waals surface area (Å²) in [5, 5.41) is 3.16. The monoisotopic (exact) mass is 500 g/mol. The second-order valence-corrected chi connectivity index (χ2v) is 8.67. The number of hydrogen-bond donors (Lipinski definition) is 1. The molecule has 0 radical (unpaired) electrons. The van der Waals surface area contributed by atoms with Gasteiger partial charge in [-0.1, -0.05) is 0 Å². The van der Waals surface area contributed by atoms with Crippen molar-refractivity contribution in [2.75, 3.05) is 56.2 Å². The van der Waals surface area contributed by atoms with E-state index in [2.05, 4.69) is 10.2 Å². The maximum absolute atomic E-state index is 13.5. The van der Waals surface area contributed by atoms with Crippen molar-refractivity contribution < 1.29 is 23.5 Å². The van der Waals surface area contributed by atoms with Gasteiger partial charge in [0.05, 0.1) is 31.9 Å². The van der Waals surface area contributed by atoms with Crippen molar-refractivity contribution in [3.8, 4) is 5.75 Å². The van der Waals surface area contributed by atoms with Crippen LogP contribution in [0, 0.1) is 5.82 Å². The minimum Gasteiger partial charge on any atom is -0.494 e. The number of halogens is 1. The van der Waals surface area contributed by atoms with Crippen molar-refractivity contribution in [3.63, 3.8) is 0 Å². The van der Waals surface area contributed by atoms with E-state index >= 15 is 0 Å². The van der Waals surface area contributed by atoms with Gasteiger partial charge in [0, 0.05) is 31.9 Å². The Morgan fingerprint density at radius 1 is 1.11 bits per heavy atom. The molecule has 1 N–H and O–H groups in total. The first-order chi connectivity index (χ1) is 17.0. The molecule has 0 bridgehead atoms. The Labute approximate surface area is 209 Å². The Morgan fingerprint density at radius 3 is 2.46 bits per heavy atom. The van der Waals surface area contributed by atoms with Crippen molar-refractivity contribution in [2.24, 2.45) is 0 Å². The molecule has 0 saturated carbocycles. The molecule has 2 aromatic carbocycles. The average Bonchev–Trinajstić information content (AvgIpc) is 3.09. The van der Waals surface area contributed by atoms with E-state index in [4.69, 9.17) is 21.7 Å². The molecule has 2 heterocycles. The first kappa shape index (κ1) is 25.0.